The van der Waals surface area contributed by atoms with Crippen molar-refractivity contribution in [3.63, 3.8) is 0 Å². The number of nitrogens with zero attached hydrogens (tertiary/aromatic N) is 4. The number of rotatable bonds is 7. The third kappa shape index (κ3) is 5.83. The average Bonchev–Trinajstić information content (AvgIpc) is 2.99. The van der Waals surface area contributed by atoms with Crippen LogP contribution in [0, 0.1) is 0 Å². The standard InChI is InChI=1S/C17H22ClF3N4O3S/c1-3-4-5-6-25(29(27)28)16(26)24-8-7-23(12(24)2)11-15-14(18)9-13(10-22-15)17(19,20)21/h7-10,12H,3-6,11H2,1-2H3,(H,27,28). The van der Waals surface area contributed by atoms with E-state index in [1.54, 1.807) is 18.0 Å². The SMILES string of the molecule is CCCCCN(C(=O)N1C=CN(Cc2ncc(C(F)(F)F)cc2Cl)C1C)S(=O)O. The van der Waals surface area contributed by atoms with E-state index in [1.165, 1.54) is 11.1 Å². The highest BCUT2D eigenvalue weighted by Crippen LogP contribution is 2.32. The number of aromatic nitrogens is 1. The molecule has 7 nitrogen and oxygen atoms in total. The summed E-state index contributed by atoms with van der Waals surface area (Å²) in [5.41, 5.74) is -0.725. The van der Waals surface area contributed by atoms with Crippen molar-refractivity contribution in [1.82, 2.24) is 19.1 Å². The van der Waals surface area contributed by atoms with E-state index < -0.39 is 35.2 Å². The Morgan fingerprint density at radius 1 is 1.38 bits per heavy atom. The molecule has 0 spiro atoms. The summed E-state index contributed by atoms with van der Waals surface area (Å²) in [4.78, 5) is 19.4. The highest BCUT2D eigenvalue weighted by atomic mass is 35.5. The minimum absolute atomic E-state index is 0.0659. The minimum atomic E-state index is -4.54. The largest absolute Gasteiger partial charge is 0.417 e. The first-order chi connectivity index (χ1) is 13.6. The van der Waals surface area contributed by atoms with E-state index >= 15 is 0 Å². The van der Waals surface area contributed by atoms with Crippen LogP contribution in [0.1, 0.15) is 44.4 Å². The first-order valence-electron chi connectivity index (χ1n) is 8.92. The maximum atomic E-state index is 12.7. The van der Waals surface area contributed by atoms with Crippen molar-refractivity contribution in [1.29, 1.82) is 0 Å². The van der Waals surface area contributed by atoms with Crippen LogP contribution in [0.15, 0.2) is 24.7 Å². The highest BCUT2D eigenvalue weighted by Gasteiger charge is 2.34. The van der Waals surface area contributed by atoms with Crippen LogP contribution in [0.2, 0.25) is 5.02 Å². The Kier molecular flexibility index (Phi) is 7.89. The van der Waals surface area contributed by atoms with E-state index in [4.69, 9.17) is 11.6 Å². The van der Waals surface area contributed by atoms with E-state index in [9.17, 15) is 26.7 Å². The van der Waals surface area contributed by atoms with Crippen LogP contribution in [-0.4, -0.2) is 46.6 Å². The van der Waals surface area contributed by atoms with Gasteiger partial charge < -0.3 is 4.90 Å². The van der Waals surface area contributed by atoms with Crippen molar-refractivity contribution in [2.45, 2.75) is 52.0 Å². The number of amides is 2. The van der Waals surface area contributed by atoms with Crippen LogP contribution >= 0.6 is 11.6 Å². The fourth-order valence-corrected chi connectivity index (χ4v) is 3.50. The molecule has 29 heavy (non-hydrogen) atoms. The molecule has 1 aromatic heterocycles. The molecule has 2 rings (SSSR count). The van der Waals surface area contributed by atoms with Crippen molar-refractivity contribution < 1.29 is 26.7 Å². The molecule has 0 saturated carbocycles. The Balaban J connectivity index is 2.07. The Bertz CT molecular complexity index is 794. The monoisotopic (exact) mass is 454 g/mol. The summed E-state index contributed by atoms with van der Waals surface area (Å²) in [6.45, 7) is 3.86. The second-order valence-corrected chi connectivity index (χ2v) is 7.79. The summed E-state index contributed by atoms with van der Waals surface area (Å²) in [6, 6.07) is 0.168. The third-order valence-electron chi connectivity index (χ3n) is 4.47. The van der Waals surface area contributed by atoms with Crippen LogP contribution < -0.4 is 0 Å². The molecule has 0 fully saturated rings. The van der Waals surface area contributed by atoms with Crippen molar-refractivity contribution in [3.05, 3.63) is 40.9 Å². The number of halogens is 4. The van der Waals surface area contributed by atoms with Gasteiger partial charge in [-0.05, 0) is 19.4 Å². The molecule has 2 heterocycles. The van der Waals surface area contributed by atoms with Crippen molar-refractivity contribution in [2.24, 2.45) is 0 Å². The maximum Gasteiger partial charge on any atom is 0.417 e. The van der Waals surface area contributed by atoms with E-state index in [0.717, 1.165) is 23.2 Å². The summed E-state index contributed by atoms with van der Waals surface area (Å²) in [5, 5.41) is -0.136. The zero-order valence-corrected chi connectivity index (χ0v) is 17.5. The summed E-state index contributed by atoms with van der Waals surface area (Å²) < 4.78 is 60.1. The third-order valence-corrected chi connectivity index (χ3v) is 5.51. The minimum Gasteiger partial charge on any atom is -0.350 e. The average molecular weight is 455 g/mol. The van der Waals surface area contributed by atoms with Gasteiger partial charge in [-0.1, -0.05) is 31.4 Å². The smallest absolute Gasteiger partial charge is 0.350 e. The molecule has 2 amide bonds. The topological polar surface area (TPSA) is 77.0 Å². The number of hydrogen-bond acceptors (Lipinski definition) is 4. The molecule has 1 aliphatic rings. The van der Waals surface area contributed by atoms with Gasteiger partial charge in [0, 0.05) is 25.1 Å². The fourth-order valence-electron chi connectivity index (χ4n) is 2.76. The van der Waals surface area contributed by atoms with Crippen LogP contribution in [-0.2, 0) is 24.0 Å². The molecule has 1 aliphatic heterocycles. The number of carbonyl (C=O) groups excluding carboxylic acids is 1. The summed E-state index contributed by atoms with van der Waals surface area (Å²) in [5.74, 6) is 0. The van der Waals surface area contributed by atoms with Gasteiger partial charge in [-0.25, -0.2) is 13.3 Å². The first kappa shape index (κ1) is 23.4. The fraction of sp³-hybridized carbons (Fsp3) is 0.529. The van der Waals surface area contributed by atoms with Crippen LogP contribution in [0.3, 0.4) is 0 Å². The predicted molar refractivity (Wildman–Crippen MR) is 103 cm³/mol. The van der Waals surface area contributed by atoms with E-state index in [2.05, 4.69) is 4.98 Å². The Labute approximate surface area is 174 Å². The Morgan fingerprint density at radius 3 is 2.62 bits per heavy atom. The molecular formula is C17H22ClF3N4O3S. The maximum absolute atomic E-state index is 12.7. The van der Waals surface area contributed by atoms with Crippen molar-refractivity contribution >= 4 is 28.9 Å². The van der Waals surface area contributed by atoms with Gasteiger partial charge >= 0.3 is 12.2 Å². The summed E-state index contributed by atoms with van der Waals surface area (Å²) in [6.07, 6.45) is 0.938. The number of hydrogen-bond donors (Lipinski definition) is 1. The summed E-state index contributed by atoms with van der Waals surface area (Å²) in [7, 11) is 0. The van der Waals surface area contributed by atoms with E-state index in [0.29, 0.717) is 12.6 Å². The van der Waals surface area contributed by atoms with Crippen LogP contribution in [0.25, 0.3) is 0 Å². The van der Waals surface area contributed by atoms with Gasteiger partial charge in [0.1, 0.15) is 6.17 Å². The van der Waals surface area contributed by atoms with Crippen LogP contribution in [0.5, 0.6) is 0 Å². The molecule has 0 aromatic carbocycles. The zero-order chi connectivity index (χ0) is 21.8. The van der Waals surface area contributed by atoms with E-state index in [1.807, 2.05) is 6.92 Å². The second-order valence-electron chi connectivity index (χ2n) is 6.48. The summed E-state index contributed by atoms with van der Waals surface area (Å²) >= 11 is 3.49. The highest BCUT2D eigenvalue weighted by molar-refractivity contribution is 7.77. The lowest BCUT2D eigenvalue weighted by Gasteiger charge is -2.31. The number of carbonyl (C=O) groups is 1. The van der Waals surface area contributed by atoms with Crippen molar-refractivity contribution in [3.8, 4) is 0 Å². The molecule has 0 aliphatic carbocycles. The van der Waals surface area contributed by atoms with Crippen molar-refractivity contribution in [2.75, 3.05) is 6.54 Å². The van der Waals surface area contributed by atoms with Gasteiger partial charge in [0.25, 0.3) is 11.3 Å². The molecule has 12 heteroatoms. The molecule has 0 saturated heterocycles. The van der Waals surface area contributed by atoms with Gasteiger partial charge in [0.05, 0.1) is 22.8 Å². The molecule has 162 valence electrons. The molecule has 0 bridgehead atoms. The molecule has 2 unspecified atom stereocenters. The van der Waals surface area contributed by atoms with Gasteiger partial charge in [0.2, 0.25) is 0 Å². The normalized spacial score (nSPS) is 17.7. The number of urea groups is 1. The zero-order valence-electron chi connectivity index (χ0n) is 15.9. The quantitative estimate of drug-likeness (QED) is 0.487. The Morgan fingerprint density at radius 2 is 2.07 bits per heavy atom. The number of pyridine rings is 1. The molecular weight excluding hydrogens is 433 g/mol. The lowest BCUT2D eigenvalue weighted by Crippen LogP contribution is -2.47. The molecule has 0 radical (unpaired) electrons. The molecule has 2 atom stereocenters. The predicted octanol–water partition coefficient (Wildman–Crippen LogP) is 4.44. The molecule has 1 N–H and O–H groups in total. The van der Waals surface area contributed by atoms with Gasteiger partial charge in [0.15, 0.2) is 0 Å². The van der Waals surface area contributed by atoms with E-state index in [-0.39, 0.29) is 23.8 Å². The number of unbranched alkanes of at least 4 members (excludes halogenated alkanes) is 2. The lowest BCUT2D eigenvalue weighted by molar-refractivity contribution is -0.137. The Hall–Kier alpha value is -1.85. The lowest BCUT2D eigenvalue weighted by atomic mass is 10.2. The van der Waals surface area contributed by atoms with Crippen LogP contribution in [0.4, 0.5) is 18.0 Å². The van der Waals surface area contributed by atoms with Gasteiger partial charge in [-0.15, -0.1) is 0 Å². The second kappa shape index (κ2) is 9.77. The first-order valence-corrected chi connectivity index (χ1v) is 10.4. The van der Waals surface area contributed by atoms with Gasteiger partial charge in [-0.3, -0.25) is 14.4 Å². The molecule has 1 aromatic rings. The number of alkyl halides is 3. The van der Waals surface area contributed by atoms with Gasteiger partial charge in [-0.2, -0.15) is 13.2 Å².